The molecule has 2 aliphatic rings. The Hall–Kier alpha value is -5.40. The zero-order valence-corrected chi connectivity index (χ0v) is 26.2. The first kappa shape index (κ1) is 33.0. The largest absolute Gasteiger partial charge is 0.481 e. The van der Waals surface area contributed by atoms with Crippen LogP contribution in [0.15, 0.2) is 52.9 Å². The van der Waals surface area contributed by atoms with Gasteiger partial charge in [0.15, 0.2) is 0 Å². The number of amides is 4. The van der Waals surface area contributed by atoms with Gasteiger partial charge in [-0.25, -0.2) is 0 Å². The highest BCUT2D eigenvalue weighted by Crippen LogP contribution is 2.39. The van der Waals surface area contributed by atoms with Gasteiger partial charge in [0.1, 0.15) is 24.2 Å². The van der Waals surface area contributed by atoms with Crippen molar-refractivity contribution in [1.29, 1.82) is 0 Å². The predicted octanol–water partition coefficient (Wildman–Crippen LogP) is 1.82. The van der Waals surface area contributed by atoms with E-state index in [4.69, 9.17) is 4.42 Å². The van der Waals surface area contributed by atoms with Gasteiger partial charge in [-0.2, -0.15) is 0 Å². The number of para-hydroxylation sites is 1. The molecule has 0 saturated carbocycles. The van der Waals surface area contributed by atoms with Crippen LogP contribution in [0.2, 0.25) is 0 Å². The second-order valence-electron chi connectivity index (χ2n) is 11.8. The number of benzene rings is 2. The number of Topliss-reactive ketones (excluding diaryl/α,β-unsaturated/α-hetero) is 1. The number of hydrogen-bond acceptors (Lipinski definition) is 9. The lowest BCUT2D eigenvalue weighted by molar-refractivity contribution is -0.137. The number of nitrogens with one attached hydrogen (secondary N) is 3. The lowest BCUT2D eigenvalue weighted by Crippen LogP contribution is -2.58. The van der Waals surface area contributed by atoms with Gasteiger partial charge < -0.3 is 25.5 Å². The number of hydrogen-bond donors (Lipinski definition) is 4. The molecule has 0 aliphatic carbocycles. The number of anilines is 1. The van der Waals surface area contributed by atoms with Gasteiger partial charge in [0, 0.05) is 18.9 Å². The summed E-state index contributed by atoms with van der Waals surface area (Å²) in [6.45, 7) is 5.02. The van der Waals surface area contributed by atoms with Gasteiger partial charge in [-0.3, -0.25) is 33.7 Å². The molecule has 0 spiro atoms. The Labute approximate surface area is 270 Å². The van der Waals surface area contributed by atoms with E-state index in [2.05, 4.69) is 26.1 Å². The number of carbonyl (C=O) groups is 6. The summed E-state index contributed by atoms with van der Waals surface area (Å²) in [5, 5.41) is 25.2. The Morgan fingerprint density at radius 1 is 1.02 bits per heavy atom. The lowest BCUT2D eigenvalue weighted by atomic mass is 9.97. The Bertz CT molecular complexity index is 1710. The van der Waals surface area contributed by atoms with E-state index in [0.717, 1.165) is 11.1 Å². The van der Waals surface area contributed by atoms with Crippen LogP contribution >= 0.6 is 0 Å². The van der Waals surface area contributed by atoms with E-state index < -0.39 is 66.0 Å². The summed E-state index contributed by atoms with van der Waals surface area (Å²) < 4.78 is 5.52. The molecule has 0 unspecified atom stereocenters. The first-order chi connectivity index (χ1) is 22.5. The van der Waals surface area contributed by atoms with Crippen molar-refractivity contribution in [2.24, 2.45) is 5.92 Å². The first-order valence-corrected chi connectivity index (χ1v) is 15.4. The summed E-state index contributed by atoms with van der Waals surface area (Å²) in [6, 6.07) is 9.55. The molecule has 5 atom stereocenters. The maximum absolute atomic E-state index is 14.1. The molecule has 0 fully saturated rings. The molecule has 0 radical (unpaired) electrons. The molecule has 1 aromatic heterocycles. The van der Waals surface area contributed by atoms with E-state index in [0.29, 0.717) is 24.1 Å². The van der Waals surface area contributed by atoms with Crippen molar-refractivity contribution in [3.8, 4) is 11.5 Å². The van der Waals surface area contributed by atoms with Crippen molar-refractivity contribution in [2.45, 2.75) is 77.0 Å². The second-order valence-corrected chi connectivity index (χ2v) is 11.8. The van der Waals surface area contributed by atoms with E-state index in [1.165, 1.54) is 11.8 Å². The van der Waals surface area contributed by atoms with Gasteiger partial charge >= 0.3 is 5.97 Å². The molecule has 3 heterocycles. The molecule has 0 bridgehead atoms. The minimum atomic E-state index is -1.57. The molecular weight excluding hydrogens is 608 g/mol. The van der Waals surface area contributed by atoms with Crippen LogP contribution in [0.3, 0.4) is 0 Å². The Morgan fingerprint density at radius 3 is 2.43 bits per heavy atom. The highest BCUT2D eigenvalue weighted by molar-refractivity contribution is 6.09. The monoisotopic (exact) mass is 644 g/mol. The number of aromatic nitrogens is 2. The number of aliphatic carboxylic acids is 1. The van der Waals surface area contributed by atoms with Crippen LogP contribution in [-0.4, -0.2) is 74.9 Å². The fourth-order valence-corrected chi connectivity index (χ4v) is 5.98. The van der Waals surface area contributed by atoms with Crippen molar-refractivity contribution in [1.82, 2.24) is 26.1 Å². The van der Waals surface area contributed by atoms with Crippen molar-refractivity contribution in [2.75, 3.05) is 4.90 Å². The van der Waals surface area contributed by atoms with Crippen LogP contribution in [0, 0.1) is 5.92 Å². The Kier molecular flexibility index (Phi) is 9.78. The number of aryl methyl sites for hydroxylation is 1. The second kappa shape index (κ2) is 13.9. The van der Waals surface area contributed by atoms with Crippen molar-refractivity contribution >= 4 is 41.1 Å². The molecule has 5 rings (SSSR count). The minimum absolute atomic E-state index is 0.0467. The average molecular weight is 645 g/mol. The minimum Gasteiger partial charge on any atom is -0.481 e. The smallest absolute Gasteiger partial charge is 0.305 e. The Balaban J connectivity index is 1.39. The fourth-order valence-electron chi connectivity index (χ4n) is 5.98. The van der Waals surface area contributed by atoms with Gasteiger partial charge in [0.2, 0.25) is 35.3 Å². The first-order valence-electron chi connectivity index (χ1n) is 15.4. The normalized spacial score (nSPS) is 18.7. The van der Waals surface area contributed by atoms with Crippen LogP contribution in [-0.2, 0) is 36.8 Å². The fraction of sp³-hybridized carbons (Fsp3) is 0.394. The number of rotatable bonds is 12. The van der Waals surface area contributed by atoms with Crippen LogP contribution in [0.5, 0.6) is 0 Å². The third kappa shape index (κ3) is 7.05. The molecule has 0 saturated heterocycles. The number of carboxylic acid groups (broad SMARTS) is 1. The molecule has 4 amide bonds. The number of carbonyl (C=O) groups excluding carboxylic acids is 5. The highest BCUT2D eigenvalue weighted by Gasteiger charge is 2.45. The molecule has 3 aromatic rings. The van der Waals surface area contributed by atoms with Gasteiger partial charge in [0.05, 0.1) is 12.1 Å². The lowest BCUT2D eigenvalue weighted by Gasteiger charge is -2.30. The maximum atomic E-state index is 14.1. The molecule has 246 valence electrons. The SMILES string of the molecule is CC[C@H](C)[C@H](NC(C)=O)C(=O)N[C@H]1CCc2cccc3c2N(C1=O)[C@H](C(=O)N[C@@H](CC(=O)O)C(=O)c1nnc(-c2ccccc2)o1)C3. The standard InChI is InChI=1S/C33H36N6O8/c1-4-17(2)26(34-18(3)40)30(45)35-22-14-13-19-11-8-12-21-15-24(39(27(19)21)33(22)46)29(44)36-23(16-25(41)42)28(43)32-38-37-31(47-32)20-9-6-5-7-10-20/h5-12,17,22-24,26H,4,13-16H2,1-3H3,(H,34,40)(H,35,45)(H,36,44)(H,41,42)/t17-,22-,23-,24-,26-/m0/s1. The number of ketones is 1. The molecule has 14 nitrogen and oxygen atoms in total. The maximum Gasteiger partial charge on any atom is 0.305 e. The zero-order valence-electron chi connectivity index (χ0n) is 26.2. The summed E-state index contributed by atoms with van der Waals surface area (Å²) >= 11 is 0. The van der Waals surface area contributed by atoms with Gasteiger partial charge in [-0.15, -0.1) is 10.2 Å². The quantitative estimate of drug-likeness (QED) is 0.211. The topological polar surface area (TPSA) is 201 Å². The summed E-state index contributed by atoms with van der Waals surface area (Å²) in [6.07, 6.45) is 0.619. The molecule has 4 N–H and O–H groups in total. The number of carboxylic acids is 1. The van der Waals surface area contributed by atoms with E-state index >= 15 is 0 Å². The zero-order chi connectivity index (χ0) is 33.8. The molecule has 2 aromatic carbocycles. The molecule has 14 heteroatoms. The van der Waals surface area contributed by atoms with E-state index in [1.807, 2.05) is 26.0 Å². The highest BCUT2D eigenvalue weighted by atomic mass is 16.4. The Morgan fingerprint density at radius 2 is 1.74 bits per heavy atom. The van der Waals surface area contributed by atoms with Gasteiger partial charge in [-0.05, 0) is 42.0 Å². The predicted molar refractivity (Wildman–Crippen MR) is 167 cm³/mol. The van der Waals surface area contributed by atoms with E-state index in [1.54, 1.807) is 36.4 Å². The molecular formula is C33H36N6O8. The van der Waals surface area contributed by atoms with Crippen LogP contribution in [0.1, 0.15) is 61.8 Å². The van der Waals surface area contributed by atoms with E-state index in [-0.39, 0.29) is 30.6 Å². The summed E-state index contributed by atoms with van der Waals surface area (Å²) in [4.78, 5) is 79.7. The van der Waals surface area contributed by atoms with E-state index in [9.17, 15) is 33.9 Å². The van der Waals surface area contributed by atoms with Crippen LogP contribution < -0.4 is 20.9 Å². The van der Waals surface area contributed by atoms with Crippen molar-refractivity contribution in [3.05, 3.63) is 65.5 Å². The van der Waals surface area contributed by atoms with Gasteiger partial charge in [-0.1, -0.05) is 56.7 Å². The molecule has 2 aliphatic heterocycles. The van der Waals surface area contributed by atoms with Gasteiger partial charge in [0.25, 0.3) is 5.89 Å². The summed E-state index contributed by atoms with van der Waals surface area (Å²) in [5.41, 5.74) is 2.64. The summed E-state index contributed by atoms with van der Waals surface area (Å²) in [7, 11) is 0. The third-order valence-electron chi connectivity index (χ3n) is 8.55. The number of nitrogens with zero attached hydrogens (tertiary/aromatic N) is 3. The average Bonchev–Trinajstić information content (AvgIpc) is 3.67. The van der Waals surface area contributed by atoms with Crippen LogP contribution in [0.4, 0.5) is 5.69 Å². The third-order valence-corrected chi connectivity index (χ3v) is 8.55. The van der Waals surface area contributed by atoms with Crippen molar-refractivity contribution < 1.29 is 38.3 Å². The summed E-state index contributed by atoms with van der Waals surface area (Å²) in [5.74, 6) is -5.07. The van der Waals surface area contributed by atoms with Crippen LogP contribution in [0.25, 0.3) is 11.5 Å². The van der Waals surface area contributed by atoms with Crippen molar-refractivity contribution in [3.63, 3.8) is 0 Å². The molecule has 47 heavy (non-hydrogen) atoms.